The van der Waals surface area contributed by atoms with E-state index >= 15 is 0 Å². The van der Waals surface area contributed by atoms with Crippen molar-refractivity contribution in [1.29, 1.82) is 0 Å². The van der Waals surface area contributed by atoms with Crippen molar-refractivity contribution in [2.24, 2.45) is 0 Å². The first kappa shape index (κ1) is 12.6. The smallest absolute Gasteiger partial charge is 0.255 e. The van der Waals surface area contributed by atoms with Crippen molar-refractivity contribution in [3.05, 3.63) is 46.4 Å². The summed E-state index contributed by atoms with van der Waals surface area (Å²) in [4.78, 5) is 16.2. The molecule has 94 valence electrons. The van der Waals surface area contributed by atoms with Crippen LogP contribution in [0, 0.1) is 0 Å². The number of aromatic nitrogens is 1. The lowest BCUT2D eigenvalue weighted by Crippen LogP contribution is -2.28. The summed E-state index contributed by atoms with van der Waals surface area (Å²) >= 11 is 1.51. The minimum Gasteiger partial charge on any atom is -0.507 e. The topological polar surface area (TPSA) is 62.2 Å². The zero-order valence-electron chi connectivity index (χ0n) is 9.96. The number of para-hydroxylation sites is 1. The molecule has 0 fully saturated rings. The molecule has 0 aliphatic rings. The number of nitrogens with zero attached hydrogens (tertiary/aromatic N) is 1. The van der Waals surface area contributed by atoms with Crippen LogP contribution in [0.4, 0.5) is 0 Å². The molecule has 5 heteroatoms. The van der Waals surface area contributed by atoms with Gasteiger partial charge in [0.15, 0.2) is 0 Å². The van der Waals surface area contributed by atoms with Crippen molar-refractivity contribution >= 4 is 17.2 Å². The SMILES string of the molecule is CCC(NC(=O)c1ccccc1O)c1nccs1. The Labute approximate surface area is 109 Å². The molecule has 0 aliphatic heterocycles. The van der Waals surface area contributed by atoms with Crippen LogP contribution in [-0.2, 0) is 0 Å². The van der Waals surface area contributed by atoms with Crippen LogP contribution < -0.4 is 5.32 Å². The molecule has 1 aromatic carbocycles. The zero-order valence-corrected chi connectivity index (χ0v) is 10.8. The Kier molecular flexibility index (Phi) is 3.94. The highest BCUT2D eigenvalue weighted by Crippen LogP contribution is 2.21. The molecule has 2 rings (SSSR count). The number of hydrogen-bond donors (Lipinski definition) is 2. The van der Waals surface area contributed by atoms with Gasteiger partial charge in [0.2, 0.25) is 0 Å². The number of nitrogens with one attached hydrogen (secondary N) is 1. The molecule has 2 aromatic rings. The van der Waals surface area contributed by atoms with E-state index in [1.54, 1.807) is 24.4 Å². The molecule has 1 amide bonds. The summed E-state index contributed by atoms with van der Waals surface area (Å²) in [5.41, 5.74) is 0.285. The molecule has 0 bridgehead atoms. The number of hydrogen-bond acceptors (Lipinski definition) is 4. The summed E-state index contributed by atoms with van der Waals surface area (Å²) in [5, 5.41) is 15.3. The number of rotatable bonds is 4. The Morgan fingerprint density at radius 1 is 1.50 bits per heavy atom. The van der Waals surface area contributed by atoms with E-state index in [0.29, 0.717) is 0 Å². The van der Waals surface area contributed by atoms with Crippen LogP contribution in [0.5, 0.6) is 5.75 Å². The first-order valence-corrected chi connectivity index (χ1v) is 6.58. The van der Waals surface area contributed by atoms with Gasteiger partial charge in [-0.05, 0) is 18.6 Å². The van der Waals surface area contributed by atoms with Gasteiger partial charge in [-0.25, -0.2) is 4.98 Å². The van der Waals surface area contributed by atoms with Crippen molar-refractivity contribution in [1.82, 2.24) is 10.3 Å². The maximum absolute atomic E-state index is 12.0. The molecule has 0 spiro atoms. The number of phenols is 1. The first-order chi connectivity index (χ1) is 8.72. The predicted molar refractivity (Wildman–Crippen MR) is 70.7 cm³/mol. The third-order valence-electron chi connectivity index (χ3n) is 2.61. The zero-order chi connectivity index (χ0) is 13.0. The van der Waals surface area contributed by atoms with Gasteiger partial charge in [0.05, 0.1) is 11.6 Å². The van der Waals surface area contributed by atoms with E-state index in [2.05, 4.69) is 10.3 Å². The standard InChI is InChI=1S/C13H14N2O2S/c1-2-10(13-14-7-8-18-13)15-12(17)9-5-3-4-6-11(9)16/h3-8,10,16H,2H2,1H3,(H,15,17). The second kappa shape index (κ2) is 5.64. The number of thiazole rings is 1. The Balaban J connectivity index is 2.14. The molecule has 4 nitrogen and oxygen atoms in total. The van der Waals surface area contributed by atoms with Crippen LogP contribution >= 0.6 is 11.3 Å². The number of carbonyl (C=O) groups excluding carboxylic acids is 1. The maximum Gasteiger partial charge on any atom is 0.255 e. The van der Waals surface area contributed by atoms with E-state index < -0.39 is 0 Å². The molecule has 1 heterocycles. The molecule has 2 N–H and O–H groups in total. The molecule has 0 saturated heterocycles. The number of aromatic hydroxyl groups is 1. The van der Waals surface area contributed by atoms with Gasteiger partial charge in [0.25, 0.3) is 5.91 Å². The van der Waals surface area contributed by atoms with Crippen molar-refractivity contribution in [3.8, 4) is 5.75 Å². The summed E-state index contributed by atoms with van der Waals surface area (Å²) in [6.45, 7) is 1.98. The van der Waals surface area contributed by atoms with E-state index in [0.717, 1.165) is 11.4 Å². The normalized spacial score (nSPS) is 12.1. The fraction of sp³-hybridized carbons (Fsp3) is 0.231. The van der Waals surface area contributed by atoms with E-state index in [4.69, 9.17) is 0 Å². The number of benzene rings is 1. The van der Waals surface area contributed by atoms with Crippen molar-refractivity contribution in [2.45, 2.75) is 19.4 Å². The minimum atomic E-state index is -0.282. The van der Waals surface area contributed by atoms with Crippen LogP contribution in [0.1, 0.15) is 34.8 Å². The minimum absolute atomic E-state index is 0.0102. The molecule has 1 aromatic heterocycles. The van der Waals surface area contributed by atoms with Gasteiger partial charge in [-0.1, -0.05) is 19.1 Å². The van der Waals surface area contributed by atoms with E-state index in [-0.39, 0.29) is 23.3 Å². The van der Waals surface area contributed by atoms with E-state index in [1.165, 1.54) is 17.4 Å². The van der Waals surface area contributed by atoms with Gasteiger partial charge >= 0.3 is 0 Å². The van der Waals surface area contributed by atoms with Crippen LogP contribution in [0.2, 0.25) is 0 Å². The molecule has 0 saturated carbocycles. The molecule has 18 heavy (non-hydrogen) atoms. The quantitative estimate of drug-likeness (QED) is 0.890. The Morgan fingerprint density at radius 3 is 2.89 bits per heavy atom. The summed E-state index contributed by atoms with van der Waals surface area (Å²) in [6, 6.07) is 6.39. The third-order valence-corrected chi connectivity index (χ3v) is 3.50. The number of carbonyl (C=O) groups is 1. The summed E-state index contributed by atoms with van der Waals surface area (Å²) in [6.07, 6.45) is 2.47. The Hall–Kier alpha value is -1.88. The Morgan fingerprint density at radius 2 is 2.28 bits per heavy atom. The van der Waals surface area contributed by atoms with Crippen molar-refractivity contribution < 1.29 is 9.90 Å². The summed E-state index contributed by atoms with van der Waals surface area (Å²) < 4.78 is 0. The van der Waals surface area contributed by atoms with Crippen molar-refractivity contribution in [3.63, 3.8) is 0 Å². The lowest BCUT2D eigenvalue weighted by molar-refractivity contribution is 0.0933. The highest BCUT2D eigenvalue weighted by molar-refractivity contribution is 7.09. The maximum atomic E-state index is 12.0. The van der Waals surface area contributed by atoms with Gasteiger partial charge in [0.1, 0.15) is 10.8 Å². The first-order valence-electron chi connectivity index (χ1n) is 5.70. The fourth-order valence-electron chi connectivity index (χ4n) is 1.65. The van der Waals surface area contributed by atoms with E-state index in [9.17, 15) is 9.90 Å². The van der Waals surface area contributed by atoms with Gasteiger partial charge < -0.3 is 10.4 Å². The predicted octanol–water partition coefficient (Wildman–Crippen LogP) is 2.73. The lowest BCUT2D eigenvalue weighted by Gasteiger charge is -2.14. The molecule has 0 aliphatic carbocycles. The average molecular weight is 262 g/mol. The lowest BCUT2D eigenvalue weighted by atomic mass is 10.1. The van der Waals surface area contributed by atoms with Crippen LogP contribution in [0.3, 0.4) is 0 Å². The molecular formula is C13H14N2O2S. The third kappa shape index (κ3) is 2.68. The van der Waals surface area contributed by atoms with Gasteiger partial charge in [-0.2, -0.15) is 0 Å². The Bertz CT molecular complexity index is 526. The highest BCUT2D eigenvalue weighted by Gasteiger charge is 2.17. The van der Waals surface area contributed by atoms with Gasteiger partial charge in [0, 0.05) is 11.6 Å². The van der Waals surface area contributed by atoms with Gasteiger partial charge in [-0.3, -0.25) is 4.79 Å². The van der Waals surface area contributed by atoms with Crippen molar-refractivity contribution in [2.75, 3.05) is 0 Å². The average Bonchev–Trinajstić information content (AvgIpc) is 2.90. The highest BCUT2D eigenvalue weighted by atomic mass is 32.1. The second-order valence-corrected chi connectivity index (χ2v) is 4.75. The number of phenolic OH excluding ortho intramolecular Hbond substituents is 1. The largest absolute Gasteiger partial charge is 0.507 e. The fourth-order valence-corrected chi connectivity index (χ4v) is 2.42. The molecule has 1 atom stereocenters. The number of amides is 1. The van der Waals surface area contributed by atoms with Gasteiger partial charge in [-0.15, -0.1) is 11.3 Å². The van der Waals surface area contributed by atoms with Crippen LogP contribution in [0.15, 0.2) is 35.8 Å². The molecule has 1 unspecified atom stereocenters. The molecule has 0 radical (unpaired) electrons. The monoisotopic (exact) mass is 262 g/mol. The van der Waals surface area contributed by atoms with Crippen LogP contribution in [0.25, 0.3) is 0 Å². The second-order valence-electron chi connectivity index (χ2n) is 3.82. The summed E-state index contributed by atoms with van der Waals surface area (Å²) in [5.74, 6) is -0.292. The summed E-state index contributed by atoms with van der Waals surface area (Å²) in [7, 11) is 0. The van der Waals surface area contributed by atoms with E-state index in [1.807, 2.05) is 12.3 Å². The molecular weight excluding hydrogens is 248 g/mol. The van der Waals surface area contributed by atoms with Crippen LogP contribution in [-0.4, -0.2) is 16.0 Å².